The molecule has 1 aromatic carbocycles. The fraction of sp³-hybridized carbons (Fsp3) is 0. The third kappa shape index (κ3) is 1.67. The summed E-state index contributed by atoms with van der Waals surface area (Å²) in [5, 5.41) is 3.13. The van der Waals surface area contributed by atoms with E-state index in [1.807, 2.05) is 0 Å². The highest BCUT2D eigenvalue weighted by Crippen LogP contribution is 2.45. The second kappa shape index (κ2) is 4.63. The first kappa shape index (κ1) is 13.7. The van der Waals surface area contributed by atoms with Crippen molar-refractivity contribution in [3.8, 4) is 0 Å². The van der Waals surface area contributed by atoms with Crippen LogP contribution in [-0.4, -0.2) is 17.0 Å². The molecule has 0 saturated carbocycles. The molecule has 2 amide bonds. The van der Waals surface area contributed by atoms with Gasteiger partial charge in [-0.15, -0.1) is 0 Å². The molecular formula is C11H2Cl4N2O3. The molecule has 1 aromatic heterocycles. The second-order valence-corrected chi connectivity index (χ2v) is 5.32. The van der Waals surface area contributed by atoms with Gasteiger partial charge in [0, 0.05) is 6.07 Å². The van der Waals surface area contributed by atoms with Crippen LogP contribution in [0.3, 0.4) is 0 Å². The van der Waals surface area contributed by atoms with Crippen LogP contribution in [0.15, 0.2) is 16.9 Å². The Kier molecular flexibility index (Phi) is 3.17. The smallest absolute Gasteiger partial charge is 0.269 e. The highest BCUT2D eigenvalue weighted by molar-refractivity contribution is 6.56. The maximum atomic E-state index is 12.3. The lowest BCUT2D eigenvalue weighted by molar-refractivity contribution is 0.0924. The molecule has 0 aliphatic carbocycles. The molecule has 2 aromatic rings. The van der Waals surface area contributed by atoms with Crippen molar-refractivity contribution in [3.05, 3.63) is 43.5 Å². The number of nitrogens with zero attached hydrogens (tertiary/aromatic N) is 2. The number of amides is 2. The second-order valence-electron chi connectivity index (χ2n) is 3.81. The van der Waals surface area contributed by atoms with Crippen LogP contribution < -0.4 is 4.90 Å². The van der Waals surface area contributed by atoms with E-state index in [0.717, 1.165) is 4.90 Å². The maximum absolute atomic E-state index is 12.3. The molecule has 102 valence electrons. The Balaban J connectivity index is 2.30. The van der Waals surface area contributed by atoms with E-state index < -0.39 is 11.8 Å². The monoisotopic (exact) mass is 350 g/mol. The van der Waals surface area contributed by atoms with Crippen molar-refractivity contribution in [2.75, 3.05) is 4.90 Å². The van der Waals surface area contributed by atoms with Crippen LogP contribution in [0.4, 0.5) is 5.82 Å². The Morgan fingerprint density at radius 3 is 1.80 bits per heavy atom. The Labute approximate surface area is 131 Å². The number of imide groups is 1. The largest absolute Gasteiger partial charge is 0.363 e. The Bertz CT molecular complexity index is 711. The minimum Gasteiger partial charge on any atom is -0.363 e. The van der Waals surface area contributed by atoms with E-state index in [9.17, 15) is 9.59 Å². The number of hydrogen-bond acceptors (Lipinski definition) is 4. The van der Waals surface area contributed by atoms with Crippen LogP contribution in [0.1, 0.15) is 20.7 Å². The lowest BCUT2D eigenvalue weighted by Crippen LogP contribution is -2.29. The molecule has 0 fully saturated rings. The predicted octanol–water partition coefficient (Wildman–Crippen LogP) is 4.09. The van der Waals surface area contributed by atoms with E-state index >= 15 is 0 Å². The Hall–Kier alpha value is -1.27. The molecule has 20 heavy (non-hydrogen) atoms. The molecule has 5 nitrogen and oxygen atoms in total. The Morgan fingerprint density at radius 2 is 1.40 bits per heavy atom. The van der Waals surface area contributed by atoms with Crippen molar-refractivity contribution < 1.29 is 14.1 Å². The standard InChI is InChI=1S/C11H2Cl4N2O3/c12-6-4-5(7(13)9(15)8(6)14)11(19)17(10(4)18)3-1-2-20-16-3/h1-2H. The van der Waals surface area contributed by atoms with Crippen LogP contribution in [0, 0.1) is 0 Å². The number of rotatable bonds is 1. The topological polar surface area (TPSA) is 63.4 Å². The lowest BCUT2D eigenvalue weighted by atomic mass is 10.1. The van der Waals surface area contributed by atoms with Crippen molar-refractivity contribution in [2.45, 2.75) is 0 Å². The zero-order chi connectivity index (χ0) is 14.6. The number of halogens is 4. The first-order chi connectivity index (χ1) is 9.45. The van der Waals surface area contributed by atoms with Crippen LogP contribution in [0.5, 0.6) is 0 Å². The zero-order valence-electron chi connectivity index (χ0n) is 9.29. The molecule has 0 spiro atoms. The van der Waals surface area contributed by atoms with Gasteiger partial charge in [0.25, 0.3) is 11.8 Å². The van der Waals surface area contributed by atoms with Gasteiger partial charge in [-0.25, -0.2) is 4.90 Å². The SMILES string of the molecule is O=C1c2c(Cl)c(Cl)c(Cl)c(Cl)c2C(=O)N1c1ccon1. The van der Waals surface area contributed by atoms with E-state index in [-0.39, 0.29) is 37.0 Å². The highest BCUT2D eigenvalue weighted by Gasteiger charge is 2.43. The number of hydrogen-bond donors (Lipinski definition) is 0. The van der Waals surface area contributed by atoms with Crippen LogP contribution in [-0.2, 0) is 0 Å². The summed E-state index contributed by atoms with van der Waals surface area (Å²) in [6.07, 6.45) is 1.22. The first-order valence-corrected chi connectivity index (χ1v) is 6.61. The first-order valence-electron chi connectivity index (χ1n) is 5.10. The van der Waals surface area contributed by atoms with Crippen molar-refractivity contribution >= 4 is 64.0 Å². The van der Waals surface area contributed by atoms with Gasteiger partial charge in [0.05, 0.1) is 31.2 Å². The van der Waals surface area contributed by atoms with Gasteiger partial charge < -0.3 is 4.52 Å². The summed E-state index contributed by atoms with van der Waals surface area (Å²) in [6.45, 7) is 0. The number of benzene rings is 1. The third-order valence-electron chi connectivity index (χ3n) is 2.75. The molecule has 0 unspecified atom stereocenters. The van der Waals surface area contributed by atoms with Gasteiger partial charge in [0.2, 0.25) is 0 Å². The molecule has 0 bridgehead atoms. The van der Waals surface area contributed by atoms with Gasteiger partial charge in [-0.05, 0) is 0 Å². The van der Waals surface area contributed by atoms with Gasteiger partial charge >= 0.3 is 0 Å². The van der Waals surface area contributed by atoms with Gasteiger partial charge in [0.1, 0.15) is 6.26 Å². The number of aromatic nitrogens is 1. The summed E-state index contributed by atoms with van der Waals surface area (Å²) < 4.78 is 4.62. The number of carbonyl (C=O) groups is 2. The minimum atomic E-state index is -0.690. The van der Waals surface area contributed by atoms with E-state index in [4.69, 9.17) is 46.4 Å². The Morgan fingerprint density at radius 1 is 0.900 bits per heavy atom. The predicted molar refractivity (Wildman–Crippen MR) is 74.1 cm³/mol. The van der Waals surface area contributed by atoms with Gasteiger partial charge in [0.15, 0.2) is 5.82 Å². The molecule has 2 heterocycles. The molecule has 0 N–H and O–H groups in total. The van der Waals surface area contributed by atoms with Crippen LogP contribution >= 0.6 is 46.4 Å². The van der Waals surface area contributed by atoms with Crippen molar-refractivity contribution in [3.63, 3.8) is 0 Å². The molecule has 9 heteroatoms. The van der Waals surface area contributed by atoms with E-state index in [2.05, 4.69) is 9.68 Å². The summed E-state index contributed by atoms with van der Waals surface area (Å²) in [4.78, 5) is 25.4. The van der Waals surface area contributed by atoms with Crippen LogP contribution in [0.25, 0.3) is 0 Å². The molecule has 1 aliphatic heterocycles. The van der Waals surface area contributed by atoms with E-state index in [1.165, 1.54) is 12.3 Å². The van der Waals surface area contributed by atoms with Crippen molar-refractivity contribution in [2.24, 2.45) is 0 Å². The third-order valence-corrected chi connectivity index (χ3v) is 4.56. The molecule has 0 saturated heterocycles. The van der Waals surface area contributed by atoms with E-state index in [1.54, 1.807) is 0 Å². The summed E-state index contributed by atoms with van der Waals surface area (Å²) in [6, 6.07) is 1.35. The molecule has 1 aliphatic rings. The van der Waals surface area contributed by atoms with Crippen molar-refractivity contribution in [1.82, 2.24) is 5.16 Å². The molecular weight excluding hydrogens is 350 g/mol. The maximum Gasteiger partial charge on any atom is 0.269 e. The van der Waals surface area contributed by atoms with Gasteiger partial charge in [-0.3, -0.25) is 9.59 Å². The highest BCUT2D eigenvalue weighted by atomic mass is 35.5. The fourth-order valence-electron chi connectivity index (χ4n) is 1.88. The van der Waals surface area contributed by atoms with Gasteiger partial charge in [-0.1, -0.05) is 51.6 Å². The van der Waals surface area contributed by atoms with Crippen LogP contribution in [0.2, 0.25) is 20.1 Å². The summed E-state index contributed by atoms with van der Waals surface area (Å²) in [5.41, 5.74) is -0.196. The summed E-state index contributed by atoms with van der Waals surface area (Å²) in [7, 11) is 0. The fourth-order valence-corrected chi connectivity index (χ4v) is 2.89. The minimum absolute atomic E-state index is 0.0237. The van der Waals surface area contributed by atoms with Gasteiger partial charge in [-0.2, -0.15) is 0 Å². The quantitative estimate of drug-likeness (QED) is 0.441. The number of fused-ring (bicyclic) bond motifs is 1. The average Bonchev–Trinajstić information content (AvgIpc) is 3.01. The summed E-state index contributed by atoms with van der Waals surface area (Å²) >= 11 is 23.7. The number of anilines is 1. The number of carbonyl (C=O) groups excluding carboxylic acids is 2. The molecule has 0 atom stereocenters. The zero-order valence-corrected chi connectivity index (χ0v) is 12.3. The lowest BCUT2D eigenvalue weighted by Gasteiger charge is -2.08. The van der Waals surface area contributed by atoms with Crippen molar-refractivity contribution in [1.29, 1.82) is 0 Å². The normalized spacial score (nSPS) is 14.1. The molecule has 0 radical (unpaired) electrons. The average molecular weight is 352 g/mol. The van der Waals surface area contributed by atoms with E-state index in [0.29, 0.717) is 0 Å². The molecule has 3 rings (SSSR count). The summed E-state index contributed by atoms with van der Waals surface area (Å²) in [5.74, 6) is -1.36.